The Morgan fingerprint density at radius 3 is 2.86 bits per heavy atom. The van der Waals surface area contributed by atoms with E-state index in [0.29, 0.717) is 12.5 Å². The third-order valence-corrected chi connectivity index (χ3v) is 4.02. The lowest BCUT2D eigenvalue weighted by molar-refractivity contribution is 0.175. The van der Waals surface area contributed by atoms with Crippen molar-refractivity contribution >= 4 is 11.3 Å². The smallest absolute Gasteiger partial charge is 0.0928 e. The fourth-order valence-electron chi connectivity index (χ4n) is 2.39. The summed E-state index contributed by atoms with van der Waals surface area (Å²) in [7, 11) is 0. The van der Waals surface area contributed by atoms with E-state index in [1.165, 1.54) is 30.7 Å². The summed E-state index contributed by atoms with van der Waals surface area (Å²) >= 11 is 1.70. The van der Waals surface area contributed by atoms with Crippen LogP contribution < -0.4 is 0 Å². The van der Waals surface area contributed by atoms with Crippen LogP contribution in [-0.4, -0.2) is 16.7 Å². The summed E-state index contributed by atoms with van der Waals surface area (Å²) < 4.78 is 0. The number of nitrogens with zero attached hydrogens (tertiary/aromatic N) is 1. The summed E-state index contributed by atoms with van der Waals surface area (Å²) in [5.74, 6) is 1.19. The van der Waals surface area contributed by atoms with E-state index in [0.717, 1.165) is 12.3 Å². The molecule has 1 saturated carbocycles. The average Bonchev–Trinajstić information content (AvgIpc) is 2.86. The van der Waals surface area contributed by atoms with Gasteiger partial charge in [-0.3, -0.25) is 0 Å². The first-order chi connectivity index (χ1) is 6.90. The van der Waals surface area contributed by atoms with Gasteiger partial charge in [-0.2, -0.15) is 0 Å². The monoisotopic (exact) mass is 211 g/mol. The van der Waals surface area contributed by atoms with Crippen molar-refractivity contribution in [3.63, 3.8) is 0 Å². The Labute approximate surface area is 89.0 Å². The Morgan fingerprint density at radius 1 is 1.50 bits per heavy atom. The van der Waals surface area contributed by atoms with Gasteiger partial charge in [0, 0.05) is 24.6 Å². The number of hydrogen-bond donors (Lipinski definition) is 1. The highest BCUT2D eigenvalue weighted by Crippen LogP contribution is 2.33. The number of thiazole rings is 1. The zero-order chi connectivity index (χ0) is 9.80. The molecule has 0 amide bonds. The van der Waals surface area contributed by atoms with Crippen molar-refractivity contribution in [3.05, 3.63) is 16.6 Å². The topological polar surface area (TPSA) is 33.1 Å². The lowest BCUT2D eigenvalue weighted by atomic mass is 9.89. The van der Waals surface area contributed by atoms with Crippen molar-refractivity contribution in [2.75, 3.05) is 6.61 Å². The number of aliphatic hydroxyl groups is 1. The van der Waals surface area contributed by atoms with Crippen molar-refractivity contribution in [1.82, 2.24) is 4.98 Å². The zero-order valence-corrected chi connectivity index (χ0v) is 9.17. The second-order valence-corrected chi connectivity index (χ2v) is 5.10. The normalized spacial score (nSPS) is 20.1. The van der Waals surface area contributed by atoms with Crippen LogP contribution in [0.15, 0.2) is 11.6 Å². The standard InChI is InChI=1S/C11H17NOS/c13-8-10(9-3-1-2-4-9)7-11-12-5-6-14-11/h5-6,9-10,13H,1-4,7-8H2. The van der Waals surface area contributed by atoms with Gasteiger partial charge in [-0.15, -0.1) is 11.3 Å². The van der Waals surface area contributed by atoms with Crippen LogP contribution in [0.1, 0.15) is 30.7 Å². The van der Waals surface area contributed by atoms with Gasteiger partial charge < -0.3 is 5.11 Å². The minimum absolute atomic E-state index is 0.324. The van der Waals surface area contributed by atoms with Crippen LogP contribution in [0.3, 0.4) is 0 Å². The second kappa shape index (κ2) is 4.89. The number of aromatic nitrogens is 1. The fraction of sp³-hybridized carbons (Fsp3) is 0.727. The van der Waals surface area contributed by atoms with Crippen LogP contribution in [0.4, 0.5) is 0 Å². The van der Waals surface area contributed by atoms with Crippen LogP contribution in [-0.2, 0) is 6.42 Å². The van der Waals surface area contributed by atoms with E-state index in [1.807, 2.05) is 11.6 Å². The molecular formula is C11H17NOS. The van der Waals surface area contributed by atoms with Crippen molar-refractivity contribution in [1.29, 1.82) is 0 Å². The maximum Gasteiger partial charge on any atom is 0.0928 e. The SMILES string of the molecule is OCC(Cc1nccs1)C1CCCC1. The molecule has 3 heteroatoms. The highest BCUT2D eigenvalue weighted by molar-refractivity contribution is 7.09. The summed E-state index contributed by atoms with van der Waals surface area (Å²) in [6, 6.07) is 0. The van der Waals surface area contributed by atoms with Gasteiger partial charge in [0.2, 0.25) is 0 Å². The molecule has 1 aromatic rings. The van der Waals surface area contributed by atoms with Gasteiger partial charge in [-0.25, -0.2) is 4.98 Å². The molecule has 1 aliphatic rings. The van der Waals surface area contributed by atoms with Gasteiger partial charge in [0.05, 0.1) is 5.01 Å². The summed E-state index contributed by atoms with van der Waals surface area (Å²) in [6.07, 6.45) is 8.12. The van der Waals surface area contributed by atoms with Gasteiger partial charge >= 0.3 is 0 Å². The number of aliphatic hydroxyl groups excluding tert-OH is 1. The third-order valence-electron chi connectivity index (χ3n) is 3.22. The number of hydrogen-bond acceptors (Lipinski definition) is 3. The van der Waals surface area contributed by atoms with Crippen LogP contribution in [0.25, 0.3) is 0 Å². The predicted molar refractivity (Wildman–Crippen MR) is 58.4 cm³/mol. The van der Waals surface area contributed by atoms with E-state index in [4.69, 9.17) is 0 Å². The minimum atomic E-state index is 0.324. The molecule has 1 fully saturated rings. The molecule has 0 aliphatic heterocycles. The first-order valence-corrected chi connectivity index (χ1v) is 6.27. The summed E-state index contributed by atoms with van der Waals surface area (Å²) in [5.41, 5.74) is 0. The van der Waals surface area contributed by atoms with E-state index in [2.05, 4.69) is 4.98 Å². The summed E-state index contributed by atoms with van der Waals surface area (Å²) in [4.78, 5) is 4.28. The molecule has 1 N–H and O–H groups in total. The second-order valence-electron chi connectivity index (χ2n) is 4.12. The maximum atomic E-state index is 9.36. The molecule has 0 bridgehead atoms. The molecule has 14 heavy (non-hydrogen) atoms. The minimum Gasteiger partial charge on any atom is -0.396 e. The molecule has 2 rings (SSSR count). The van der Waals surface area contributed by atoms with Gasteiger partial charge in [-0.05, 0) is 11.8 Å². The van der Waals surface area contributed by atoms with Gasteiger partial charge in [0.1, 0.15) is 0 Å². The first kappa shape index (κ1) is 10.1. The van der Waals surface area contributed by atoms with Gasteiger partial charge in [0.15, 0.2) is 0 Å². The highest BCUT2D eigenvalue weighted by atomic mass is 32.1. The Bertz CT molecular complexity index is 254. The van der Waals surface area contributed by atoms with Crippen LogP contribution >= 0.6 is 11.3 Å². The van der Waals surface area contributed by atoms with Crippen molar-refractivity contribution in [3.8, 4) is 0 Å². The zero-order valence-electron chi connectivity index (χ0n) is 8.35. The van der Waals surface area contributed by atoms with Crippen molar-refractivity contribution in [2.24, 2.45) is 11.8 Å². The van der Waals surface area contributed by atoms with E-state index < -0.39 is 0 Å². The lowest BCUT2D eigenvalue weighted by Gasteiger charge is -2.19. The van der Waals surface area contributed by atoms with E-state index >= 15 is 0 Å². The third kappa shape index (κ3) is 2.34. The maximum absolute atomic E-state index is 9.36. The molecular weight excluding hydrogens is 194 g/mol. The van der Waals surface area contributed by atoms with E-state index in [9.17, 15) is 5.11 Å². The molecule has 0 radical (unpaired) electrons. The fourth-order valence-corrected chi connectivity index (χ4v) is 3.10. The molecule has 0 saturated heterocycles. The molecule has 1 aliphatic carbocycles. The first-order valence-electron chi connectivity index (χ1n) is 5.39. The van der Waals surface area contributed by atoms with Crippen LogP contribution in [0.5, 0.6) is 0 Å². The molecule has 78 valence electrons. The molecule has 1 aromatic heterocycles. The predicted octanol–water partition coefficient (Wildman–Crippen LogP) is 2.48. The summed E-state index contributed by atoms with van der Waals surface area (Å²) in [6.45, 7) is 0.324. The Morgan fingerprint density at radius 2 is 2.29 bits per heavy atom. The Balaban J connectivity index is 1.92. The Kier molecular flexibility index (Phi) is 3.54. The quantitative estimate of drug-likeness (QED) is 0.830. The van der Waals surface area contributed by atoms with Crippen molar-refractivity contribution < 1.29 is 5.11 Å². The lowest BCUT2D eigenvalue weighted by Crippen LogP contribution is -2.18. The van der Waals surface area contributed by atoms with Crippen LogP contribution in [0, 0.1) is 11.8 Å². The molecule has 2 nitrogen and oxygen atoms in total. The van der Waals surface area contributed by atoms with Gasteiger partial charge in [0.25, 0.3) is 0 Å². The molecule has 1 atom stereocenters. The Hall–Kier alpha value is -0.410. The van der Waals surface area contributed by atoms with Crippen molar-refractivity contribution in [2.45, 2.75) is 32.1 Å². The van der Waals surface area contributed by atoms with E-state index in [1.54, 1.807) is 11.3 Å². The molecule has 0 aromatic carbocycles. The average molecular weight is 211 g/mol. The molecule has 0 spiro atoms. The van der Waals surface area contributed by atoms with Crippen LogP contribution in [0.2, 0.25) is 0 Å². The summed E-state index contributed by atoms with van der Waals surface area (Å²) in [5, 5.41) is 12.6. The van der Waals surface area contributed by atoms with Gasteiger partial charge in [-0.1, -0.05) is 25.7 Å². The number of rotatable bonds is 4. The largest absolute Gasteiger partial charge is 0.396 e. The van der Waals surface area contributed by atoms with E-state index in [-0.39, 0.29) is 0 Å². The highest BCUT2D eigenvalue weighted by Gasteiger charge is 2.25. The molecule has 1 heterocycles. The molecule has 1 unspecified atom stereocenters.